The van der Waals surface area contributed by atoms with Crippen molar-refractivity contribution in [2.75, 3.05) is 0 Å². The summed E-state index contributed by atoms with van der Waals surface area (Å²) in [5, 5.41) is 3.13. The molecule has 1 aliphatic rings. The minimum absolute atomic E-state index is 0.127. The van der Waals surface area contributed by atoms with E-state index in [1.54, 1.807) is 11.3 Å². The van der Waals surface area contributed by atoms with Gasteiger partial charge in [-0.1, -0.05) is 0 Å². The first kappa shape index (κ1) is 11.0. The quantitative estimate of drug-likeness (QED) is 0.905. The van der Waals surface area contributed by atoms with E-state index in [4.69, 9.17) is 10.2 Å². The van der Waals surface area contributed by atoms with Crippen LogP contribution in [0.25, 0.3) is 11.3 Å². The Kier molecular flexibility index (Phi) is 2.56. The number of thiazole rings is 1. The number of furan rings is 1. The Labute approximate surface area is 105 Å². The average molecular weight is 248 g/mol. The van der Waals surface area contributed by atoms with Crippen LogP contribution in [0, 0.1) is 19.8 Å². The topological polar surface area (TPSA) is 52.0 Å². The molecule has 2 aromatic rings. The van der Waals surface area contributed by atoms with Crippen molar-refractivity contribution in [1.29, 1.82) is 0 Å². The smallest absolute Gasteiger partial charge is 0.110 e. The van der Waals surface area contributed by atoms with Gasteiger partial charge in [0, 0.05) is 10.9 Å². The lowest BCUT2D eigenvalue weighted by molar-refractivity contribution is 0.505. The molecule has 2 N–H and O–H groups in total. The van der Waals surface area contributed by atoms with Crippen molar-refractivity contribution < 1.29 is 4.42 Å². The molecule has 1 saturated carbocycles. The molecule has 0 spiro atoms. The van der Waals surface area contributed by atoms with Crippen molar-refractivity contribution in [1.82, 2.24) is 4.98 Å². The first-order valence-corrected chi connectivity index (χ1v) is 6.81. The summed E-state index contributed by atoms with van der Waals surface area (Å²) >= 11 is 1.66. The van der Waals surface area contributed by atoms with E-state index in [1.807, 2.05) is 19.9 Å². The molecule has 0 saturated heterocycles. The second kappa shape index (κ2) is 3.96. The van der Waals surface area contributed by atoms with E-state index in [0.29, 0.717) is 5.92 Å². The molecule has 0 amide bonds. The molecule has 1 atom stereocenters. The fourth-order valence-corrected chi connectivity index (χ4v) is 3.02. The Morgan fingerprint density at radius 1 is 1.47 bits per heavy atom. The van der Waals surface area contributed by atoms with Crippen molar-refractivity contribution in [2.45, 2.75) is 32.7 Å². The standard InChI is InChI=1S/C13H16N2OS/c1-7-5-10(8(2)16-7)11-6-17-13(15-11)12(14)9-3-4-9/h5-6,9,12H,3-4,14H2,1-2H3. The average Bonchev–Trinajstić information content (AvgIpc) is 2.93. The Balaban J connectivity index is 1.91. The molecule has 2 aromatic heterocycles. The number of hydrogen-bond acceptors (Lipinski definition) is 4. The summed E-state index contributed by atoms with van der Waals surface area (Å²) in [6.45, 7) is 3.93. The lowest BCUT2D eigenvalue weighted by Crippen LogP contribution is -2.11. The highest BCUT2D eigenvalue weighted by Gasteiger charge is 2.31. The highest BCUT2D eigenvalue weighted by atomic mass is 32.1. The first-order valence-electron chi connectivity index (χ1n) is 5.93. The second-order valence-electron chi connectivity index (χ2n) is 4.76. The Morgan fingerprint density at radius 3 is 2.82 bits per heavy atom. The third-order valence-electron chi connectivity index (χ3n) is 3.25. The minimum atomic E-state index is 0.127. The van der Waals surface area contributed by atoms with Crippen LogP contribution in [-0.2, 0) is 0 Å². The van der Waals surface area contributed by atoms with Crippen LogP contribution < -0.4 is 5.73 Å². The molecule has 90 valence electrons. The SMILES string of the molecule is Cc1cc(-c2csc(C(N)C3CC3)n2)c(C)o1. The van der Waals surface area contributed by atoms with Crippen LogP contribution in [-0.4, -0.2) is 4.98 Å². The molecule has 2 heterocycles. The van der Waals surface area contributed by atoms with Gasteiger partial charge < -0.3 is 10.2 Å². The lowest BCUT2D eigenvalue weighted by Gasteiger charge is -2.04. The van der Waals surface area contributed by atoms with Crippen LogP contribution in [0.4, 0.5) is 0 Å². The van der Waals surface area contributed by atoms with Crippen molar-refractivity contribution in [3.8, 4) is 11.3 Å². The number of nitrogens with two attached hydrogens (primary N) is 1. The van der Waals surface area contributed by atoms with Gasteiger partial charge in [0.1, 0.15) is 16.5 Å². The third kappa shape index (κ3) is 2.03. The van der Waals surface area contributed by atoms with Crippen molar-refractivity contribution >= 4 is 11.3 Å². The highest BCUT2D eigenvalue weighted by molar-refractivity contribution is 7.10. The molecule has 1 aliphatic carbocycles. The molecule has 1 fully saturated rings. The third-order valence-corrected chi connectivity index (χ3v) is 4.20. The number of nitrogens with zero attached hydrogens (tertiary/aromatic N) is 1. The molecule has 0 bridgehead atoms. The number of rotatable bonds is 3. The van der Waals surface area contributed by atoms with Gasteiger partial charge in [-0.15, -0.1) is 11.3 Å². The molecule has 4 heteroatoms. The summed E-state index contributed by atoms with van der Waals surface area (Å²) in [6.07, 6.45) is 2.50. The zero-order valence-electron chi connectivity index (χ0n) is 10.1. The van der Waals surface area contributed by atoms with E-state index in [-0.39, 0.29) is 6.04 Å². The summed E-state index contributed by atoms with van der Waals surface area (Å²) < 4.78 is 5.53. The molecule has 17 heavy (non-hydrogen) atoms. The summed E-state index contributed by atoms with van der Waals surface area (Å²) in [4.78, 5) is 4.65. The van der Waals surface area contributed by atoms with Crippen molar-refractivity contribution in [2.24, 2.45) is 11.7 Å². The van der Waals surface area contributed by atoms with Gasteiger partial charge in [0.05, 0.1) is 11.7 Å². The molecule has 0 aromatic carbocycles. The van der Waals surface area contributed by atoms with Crippen molar-refractivity contribution in [3.63, 3.8) is 0 Å². The van der Waals surface area contributed by atoms with Crippen LogP contribution in [0.3, 0.4) is 0 Å². The maximum absolute atomic E-state index is 6.16. The van der Waals surface area contributed by atoms with Crippen LogP contribution in [0.5, 0.6) is 0 Å². The lowest BCUT2D eigenvalue weighted by atomic mass is 10.2. The highest BCUT2D eigenvalue weighted by Crippen LogP contribution is 2.41. The van der Waals surface area contributed by atoms with Crippen LogP contribution in [0.1, 0.15) is 35.4 Å². The van der Waals surface area contributed by atoms with Gasteiger partial charge in [-0.25, -0.2) is 4.98 Å². The van der Waals surface area contributed by atoms with E-state index in [2.05, 4.69) is 10.4 Å². The minimum Gasteiger partial charge on any atom is -0.466 e. The molecule has 3 nitrogen and oxygen atoms in total. The predicted octanol–water partition coefficient (Wildman–Crippen LogP) is 3.43. The summed E-state index contributed by atoms with van der Waals surface area (Å²) in [6, 6.07) is 2.17. The van der Waals surface area contributed by atoms with E-state index >= 15 is 0 Å². The molecule has 0 aliphatic heterocycles. The van der Waals surface area contributed by atoms with Gasteiger partial charge in [-0.05, 0) is 38.7 Å². The molecule has 3 rings (SSSR count). The zero-order chi connectivity index (χ0) is 12.0. The van der Waals surface area contributed by atoms with Gasteiger partial charge in [0.2, 0.25) is 0 Å². The van der Waals surface area contributed by atoms with Gasteiger partial charge in [-0.2, -0.15) is 0 Å². The van der Waals surface area contributed by atoms with Gasteiger partial charge in [0.15, 0.2) is 0 Å². The molecule has 0 radical (unpaired) electrons. The fraction of sp³-hybridized carbons (Fsp3) is 0.462. The Bertz CT molecular complexity index is 539. The monoisotopic (exact) mass is 248 g/mol. The summed E-state index contributed by atoms with van der Waals surface area (Å²) in [7, 11) is 0. The van der Waals surface area contributed by atoms with Crippen molar-refractivity contribution in [3.05, 3.63) is 28.0 Å². The molecule has 1 unspecified atom stereocenters. The van der Waals surface area contributed by atoms with E-state index < -0.39 is 0 Å². The van der Waals surface area contributed by atoms with Crippen LogP contribution in [0.2, 0.25) is 0 Å². The maximum Gasteiger partial charge on any atom is 0.110 e. The number of aromatic nitrogens is 1. The summed E-state index contributed by atoms with van der Waals surface area (Å²) in [5.74, 6) is 2.51. The zero-order valence-corrected chi connectivity index (χ0v) is 10.9. The second-order valence-corrected chi connectivity index (χ2v) is 5.65. The van der Waals surface area contributed by atoms with E-state index in [1.165, 1.54) is 12.8 Å². The van der Waals surface area contributed by atoms with Gasteiger partial charge in [0.25, 0.3) is 0 Å². The Morgan fingerprint density at radius 2 is 2.24 bits per heavy atom. The van der Waals surface area contributed by atoms with Gasteiger partial charge in [-0.3, -0.25) is 0 Å². The van der Waals surface area contributed by atoms with E-state index in [0.717, 1.165) is 27.8 Å². The maximum atomic E-state index is 6.16. The summed E-state index contributed by atoms with van der Waals surface area (Å²) in [5.41, 5.74) is 8.25. The predicted molar refractivity (Wildman–Crippen MR) is 68.9 cm³/mol. The fourth-order valence-electron chi connectivity index (χ4n) is 2.11. The largest absolute Gasteiger partial charge is 0.466 e. The van der Waals surface area contributed by atoms with Crippen LogP contribution in [0.15, 0.2) is 15.9 Å². The number of hydrogen-bond donors (Lipinski definition) is 1. The van der Waals surface area contributed by atoms with Gasteiger partial charge >= 0.3 is 0 Å². The first-order chi connectivity index (χ1) is 8.15. The van der Waals surface area contributed by atoms with Crippen LogP contribution >= 0.6 is 11.3 Å². The van der Waals surface area contributed by atoms with E-state index in [9.17, 15) is 0 Å². The molecular weight excluding hydrogens is 232 g/mol. The molecular formula is C13H16N2OS. The Hall–Kier alpha value is -1.13. The normalized spacial score (nSPS) is 17.4. The number of aryl methyl sites for hydroxylation is 2.